The Labute approximate surface area is 148 Å². The molecule has 2 N–H and O–H groups in total. The van der Waals surface area contributed by atoms with Crippen LogP contribution in [0.2, 0.25) is 0 Å². The van der Waals surface area contributed by atoms with E-state index in [-0.39, 0.29) is 16.8 Å². The van der Waals surface area contributed by atoms with E-state index in [0.717, 1.165) is 12.8 Å². The Hall–Kier alpha value is -1.48. The van der Waals surface area contributed by atoms with Gasteiger partial charge in [-0.3, -0.25) is 4.79 Å². The van der Waals surface area contributed by atoms with Gasteiger partial charge in [-0.25, -0.2) is 8.42 Å². The summed E-state index contributed by atoms with van der Waals surface area (Å²) in [4.78, 5) is 14.7. The van der Waals surface area contributed by atoms with Crippen molar-refractivity contribution in [1.29, 1.82) is 0 Å². The summed E-state index contributed by atoms with van der Waals surface area (Å²) in [6.45, 7) is 4.37. The lowest BCUT2D eigenvalue weighted by atomic mass is 10.0. The molecule has 0 aliphatic carbocycles. The predicted octanol–water partition coefficient (Wildman–Crippen LogP) is 0.579. The van der Waals surface area contributed by atoms with Gasteiger partial charge in [-0.15, -0.1) is 0 Å². The van der Waals surface area contributed by atoms with Crippen molar-refractivity contribution in [3.8, 4) is 0 Å². The van der Waals surface area contributed by atoms with Crippen LogP contribution >= 0.6 is 0 Å². The highest BCUT2D eigenvalue weighted by Crippen LogP contribution is 2.23. The molecule has 1 aromatic carbocycles. The number of ether oxygens (including phenoxy) is 1. The number of piperidine rings is 1. The number of benzene rings is 1. The van der Waals surface area contributed by atoms with E-state index in [1.807, 2.05) is 0 Å². The fraction of sp³-hybridized carbons (Fsp3) is 0.588. The first-order valence-corrected chi connectivity index (χ1v) is 10.1. The molecule has 138 valence electrons. The average molecular weight is 367 g/mol. The van der Waals surface area contributed by atoms with Crippen molar-refractivity contribution >= 4 is 15.9 Å². The van der Waals surface area contributed by atoms with Crippen molar-refractivity contribution in [3.05, 3.63) is 29.3 Å². The maximum atomic E-state index is 12.9. The zero-order valence-electron chi connectivity index (χ0n) is 14.5. The van der Waals surface area contributed by atoms with E-state index in [1.165, 1.54) is 10.4 Å². The quantitative estimate of drug-likeness (QED) is 0.843. The topological polar surface area (TPSA) is 92.9 Å². The molecule has 0 bridgehead atoms. The van der Waals surface area contributed by atoms with E-state index in [2.05, 4.69) is 0 Å². The second kappa shape index (κ2) is 7.41. The third kappa shape index (κ3) is 3.87. The first-order valence-electron chi connectivity index (χ1n) is 8.63. The maximum Gasteiger partial charge on any atom is 0.253 e. The number of hydrogen-bond donors (Lipinski definition) is 1. The molecule has 2 heterocycles. The highest BCUT2D eigenvalue weighted by Gasteiger charge is 2.29. The van der Waals surface area contributed by atoms with Gasteiger partial charge in [-0.1, -0.05) is 6.07 Å². The standard InChI is InChI=1S/C17H25N3O4S/c1-13-4-5-14(17(21)19-6-2-3-15(18)12-19)11-16(13)25(22,23)20-7-9-24-10-8-20/h4-5,11,15H,2-3,6-10,12,18H2,1H3. The van der Waals surface area contributed by atoms with Gasteiger partial charge in [0.05, 0.1) is 18.1 Å². The Morgan fingerprint density at radius 3 is 2.64 bits per heavy atom. The van der Waals surface area contributed by atoms with Crippen LogP contribution in [0.1, 0.15) is 28.8 Å². The van der Waals surface area contributed by atoms with Crippen LogP contribution in [0.3, 0.4) is 0 Å². The van der Waals surface area contributed by atoms with Gasteiger partial charge in [0.15, 0.2) is 0 Å². The van der Waals surface area contributed by atoms with E-state index < -0.39 is 10.0 Å². The number of rotatable bonds is 3. The summed E-state index contributed by atoms with van der Waals surface area (Å²) in [6.07, 6.45) is 1.78. The van der Waals surface area contributed by atoms with Crippen LogP contribution in [0.5, 0.6) is 0 Å². The molecule has 2 saturated heterocycles. The second-order valence-electron chi connectivity index (χ2n) is 6.65. The number of carbonyl (C=O) groups excluding carboxylic acids is 1. The first-order chi connectivity index (χ1) is 11.9. The second-order valence-corrected chi connectivity index (χ2v) is 8.56. The third-order valence-corrected chi connectivity index (χ3v) is 6.81. The number of nitrogens with two attached hydrogens (primary N) is 1. The van der Waals surface area contributed by atoms with Crippen LogP contribution < -0.4 is 5.73 Å². The van der Waals surface area contributed by atoms with Gasteiger partial charge >= 0.3 is 0 Å². The molecule has 0 spiro atoms. The van der Waals surface area contributed by atoms with Gasteiger partial charge in [-0.2, -0.15) is 4.31 Å². The molecule has 1 amide bonds. The number of aryl methyl sites for hydroxylation is 1. The number of nitrogens with zero attached hydrogens (tertiary/aromatic N) is 2. The summed E-state index contributed by atoms with van der Waals surface area (Å²) < 4.78 is 32.5. The van der Waals surface area contributed by atoms with Crippen LogP contribution in [0, 0.1) is 6.92 Å². The molecule has 7 nitrogen and oxygen atoms in total. The molecule has 2 aliphatic heterocycles. The van der Waals surface area contributed by atoms with Crippen LogP contribution in [-0.2, 0) is 14.8 Å². The number of sulfonamides is 1. The molecule has 1 atom stereocenters. The molecule has 1 unspecified atom stereocenters. The Morgan fingerprint density at radius 1 is 1.24 bits per heavy atom. The van der Waals surface area contributed by atoms with E-state index in [0.29, 0.717) is 50.5 Å². The lowest BCUT2D eigenvalue weighted by Crippen LogP contribution is -2.45. The Kier molecular flexibility index (Phi) is 5.43. The molecule has 2 aliphatic rings. The first kappa shape index (κ1) is 18.3. The van der Waals surface area contributed by atoms with Crippen molar-refractivity contribution in [2.24, 2.45) is 5.73 Å². The van der Waals surface area contributed by atoms with Crippen LogP contribution in [0.15, 0.2) is 23.1 Å². The van der Waals surface area contributed by atoms with E-state index in [1.54, 1.807) is 24.0 Å². The van der Waals surface area contributed by atoms with Gasteiger partial charge < -0.3 is 15.4 Å². The SMILES string of the molecule is Cc1ccc(C(=O)N2CCCC(N)C2)cc1S(=O)(=O)N1CCOCC1. The highest BCUT2D eigenvalue weighted by atomic mass is 32.2. The Balaban J connectivity index is 1.88. The summed E-state index contributed by atoms with van der Waals surface area (Å²) in [5.74, 6) is -0.159. The minimum atomic E-state index is -3.63. The number of amides is 1. The van der Waals surface area contributed by atoms with Gasteiger partial charge in [0.2, 0.25) is 10.0 Å². The van der Waals surface area contributed by atoms with E-state index in [4.69, 9.17) is 10.5 Å². The van der Waals surface area contributed by atoms with Crippen molar-refractivity contribution in [2.75, 3.05) is 39.4 Å². The van der Waals surface area contributed by atoms with Crippen LogP contribution in [0.25, 0.3) is 0 Å². The fourth-order valence-corrected chi connectivity index (χ4v) is 4.97. The zero-order valence-corrected chi connectivity index (χ0v) is 15.3. The number of carbonyl (C=O) groups is 1. The summed E-state index contributed by atoms with van der Waals surface area (Å²) in [5, 5.41) is 0. The van der Waals surface area contributed by atoms with Gasteiger partial charge in [0.1, 0.15) is 0 Å². The molecule has 0 radical (unpaired) electrons. The predicted molar refractivity (Wildman–Crippen MR) is 93.9 cm³/mol. The van der Waals surface area contributed by atoms with E-state index >= 15 is 0 Å². The maximum absolute atomic E-state index is 12.9. The Morgan fingerprint density at radius 2 is 1.96 bits per heavy atom. The average Bonchev–Trinajstić information content (AvgIpc) is 2.62. The smallest absolute Gasteiger partial charge is 0.253 e. The highest BCUT2D eigenvalue weighted by molar-refractivity contribution is 7.89. The summed E-state index contributed by atoms with van der Waals surface area (Å²) in [5.41, 5.74) is 6.99. The molecule has 3 rings (SSSR count). The minimum absolute atomic E-state index is 0.0142. The van der Waals surface area contributed by atoms with Crippen molar-refractivity contribution < 1.29 is 17.9 Å². The van der Waals surface area contributed by atoms with Gasteiger partial charge in [0, 0.05) is 37.8 Å². The minimum Gasteiger partial charge on any atom is -0.379 e. The number of hydrogen-bond acceptors (Lipinski definition) is 5. The van der Waals surface area contributed by atoms with Crippen molar-refractivity contribution in [1.82, 2.24) is 9.21 Å². The molecule has 1 aromatic rings. The molecule has 25 heavy (non-hydrogen) atoms. The number of morpholine rings is 1. The normalized spacial score (nSPS) is 22.8. The fourth-order valence-electron chi connectivity index (χ4n) is 3.31. The lowest BCUT2D eigenvalue weighted by Gasteiger charge is -2.31. The summed E-state index contributed by atoms with van der Waals surface area (Å²) in [7, 11) is -3.63. The number of likely N-dealkylation sites (tertiary alicyclic amines) is 1. The van der Waals surface area contributed by atoms with Crippen LogP contribution in [0.4, 0.5) is 0 Å². The van der Waals surface area contributed by atoms with Gasteiger partial charge in [0.25, 0.3) is 5.91 Å². The zero-order chi connectivity index (χ0) is 18.0. The van der Waals surface area contributed by atoms with Gasteiger partial charge in [-0.05, 0) is 37.5 Å². The molecular weight excluding hydrogens is 342 g/mol. The Bertz CT molecular complexity index is 744. The lowest BCUT2D eigenvalue weighted by molar-refractivity contribution is 0.0707. The largest absolute Gasteiger partial charge is 0.379 e. The summed E-state index contributed by atoms with van der Waals surface area (Å²) >= 11 is 0. The molecular formula is C17H25N3O4S. The molecule has 2 fully saturated rings. The monoisotopic (exact) mass is 367 g/mol. The van der Waals surface area contributed by atoms with Crippen LogP contribution in [-0.4, -0.2) is 69.0 Å². The molecule has 0 aromatic heterocycles. The molecule has 8 heteroatoms. The summed E-state index contributed by atoms with van der Waals surface area (Å²) in [6, 6.07) is 4.88. The third-order valence-electron chi connectivity index (χ3n) is 4.77. The van der Waals surface area contributed by atoms with E-state index in [9.17, 15) is 13.2 Å². The van der Waals surface area contributed by atoms with Crippen molar-refractivity contribution in [2.45, 2.75) is 30.7 Å². The molecule has 0 saturated carbocycles. The van der Waals surface area contributed by atoms with Crippen molar-refractivity contribution in [3.63, 3.8) is 0 Å².